The Morgan fingerprint density at radius 1 is 1.10 bits per heavy atom. The molecule has 0 saturated heterocycles. The zero-order chi connectivity index (χ0) is 19.8. The van der Waals surface area contributed by atoms with Crippen LogP contribution in [-0.4, -0.2) is 28.5 Å². The molecule has 29 heavy (non-hydrogen) atoms. The lowest BCUT2D eigenvalue weighted by Gasteiger charge is -2.36. The van der Waals surface area contributed by atoms with Gasteiger partial charge in [-0.1, -0.05) is 36.4 Å². The van der Waals surface area contributed by atoms with Crippen LogP contribution in [0.5, 0.6) is 5.75 Å². The van der Waals surface area contributed by atoms with E-state index in [1.54, 1.807) is 7.11 Å². The largest absolute Gasteiger partial charge is 0.496 e. The molecule has 2 aromatic heterocycles. The van der Waals surface area contributed by atoms with Crippen LogP contribution in [0.4, 0.5) is 0 Å². The monoisotopic (exact) mass is 383 g/mol. The van der Waals surface area contributed by atoms with Crippen LogP contribution in [0.15, 0.2) is 66.9 Å². The van der Waals surface area contributed by atoms with Crippen molar-refractivity contribution in [3.05, 3.63) is 94.9 Å². The lowest BCUT2D eigenvalue weighted by atomic mass is 9.91. The molecule has 4 aromatic rings. The van der Waals surface area contributed by atoms with Crippen molar-refractivity contribution in [2.75, 3.05) is 13.7 Å². The summed E-state index contributed by atoms with van der Waals surface area (Å²) < 4.78 is 5.50. The summed E-state index contributed by atoms with van der Waals surface area (Å²) in [4.78, 5) is 10.8. The Balaban J connectivity index is 1.63. The molecular formula is C25H25N3O. The number of nitrogens with zero attached hydrogens (tertiary/aromatic N) is 2. The number of H-pyrrole nitrogens is 1. The molecule has 0 saturated carbocycles. The van der Waals surface area contributed by atoms with Crippen molar-refractivity contribution in [1.82, 2.24) is 14.9 Å². The van der Waals surface area contributed by atoms with E-state index >= 15 is 0 Å². The molecule has 1 aliphatic rings. The Morgan fingerprint density at radius 2 is 1.97 bits per heavy atom. The van der Waals surface area contributed by atoms with Crippen LogP contribution >= 0.6 is 0 Å². The minimum absolute atomic E-state index is 0.165. The number of benzene rings is 2. The highest BCUT2D eigenvalue weighted by Gasteiger charge is 2.32. The number of aryl methyl sites for hydroxylation is 1. The third-order valence-corrected chi connectivity index (χ3v) is 5.96. The van der Waals surface area contributed by atoms with Gasteiger partial charge >= 0.3 is 0 Å². The zero-order valence-electron chi connectivity index (χ0n) is 16.9. The number of pyridine rings is 1. The van der Waals surface area contributed by atoms with Crippen molar-refractivity contribution < 1.29 is 4.74 Å². The van der Waals surface area contributed by atoms with E-state index in [-0.39, 0.29) is 6.04 Å². The molecule has 0 bridgehead atoms. The normalized spacial score (nSPS) is 16.7. The van der Waals surface area contributed by atoms with Gasteiger partial charge in [-0.05, 0) is 54.3 Å². The van der Waals surface area contributed by atoms with Crippen LogP contribution in [0.25, 0.3) is 10.9 Å². The van der Waals surface area contributed by atoms with Crippen LogP contribution < -0.4 is 4.74 Å². The lowest BCUT2D eigenvalue weighted by Crippen LogP contribution is -2.35. The fourth-order valence-corrected chi connectivity index (χ4v) is 4.61. The molecule has 0 aliphatic carbocycles. The molecule has 4 heteroatoms. The van der Waals surface area contributed by atoms with E-state index in [4.69, 9.17) is 4.74 Å². The molecule has 1 unspecified atom stereocenters. The number of rotatable bonds is 4. The first-order valence-electron chi connectivity index (χ1n) is 10.1. The van der Waals surface area contributed by atoms with E-state index in [0.29, 0.717) is 0 Å². The Hall–Kier alpha value is -3.11. The number of fused-ring (bicyclic) bond motifs is 3. The van der Waals surface area contributed by atoms with Gasteiger partial charge in [0, 0.05) is 35.9 Å². The van der Waals surface area contributed by atoms with Gasteiger partial charge in [-0.25, -0.2) is 0 Å². The van der Waals surface area contributed by atoms with Gasteiger partial charge in [0.1, 0.15) is 5.75 Å². The lowest BCUT2D eigenvalue weighted by molar-refractivity contribution is 0.199. The van der Waals surface area contributed by atoms with Gasteiger partial charge in [0.05, 0.1) is 18.8 Å². The van der Waals surface area contributed by atoms with E-state index in [2.05, 4.69) is 76.4 Å². The van der Waals surface area contributed by atoms with Gasteiger partial charge in [0.15, 0.2) is 0 Å². The Morgan fingerprint density at radius 3 is 2.76 bits per heavy atom. The first-order valence-corrected chi connectivity index (χ1v) is 10.1. The Kier molecular flexibility index (Phi) is 4.57. The smallest absolute Gasteiger partial charge is 0.121 e. The van der Waals surface area contributed by atoms with E-state index in [1.165, 1.54) is 27.7 Å². The van der Waals surface area contributed by atoms with Crippen LogP contribution in [0, 0.1) is 6.92 Å². The highest BCUT2D eigenvalue weighted by molar-refractivity contribution is 5.85. The maximum absolute atomic E-state index is 5.50. The maximum Gasteiger partial charge on any atom is 0.121 e. The molecule has 1 N–H and O–H groups in total. The fraction of sp³-hybridized carbons (Fsp3) is 0.240. The molecular weight excluding hydrogens is 358 g/mol. The second-order valence-corrected chi connectivity index (χ2v) is 7.74. The summed E-state index contributed by atoms with van der Waals surface area (Å²) in [5.41, 5.74) is 7.50. The highest BCUT2D eigenvalue weighted by Crippen LogP contribution is 2.39. The summed E-state index contributed by atoms with van der Waals surface area (Å²) in [6, 6.07) is 21.5. The first kappa shape index (κ1) is 18.0. The van der Waals surface area contributed by atoms with Crippen LogP contribution in [0.2, 0.25) is 0 Å². The van der Waals surface area contributed by atoms with Crippen LogP contribution in [0.3, 0.4) is 0 Å². The summed E-state index contributed by atoms with van der Waals surface area (Å²) in [5.74, 6) is 0.928. The van der Waals surface area contributed by atoms with Crippen molar-refractivity contribution in [2.24, 2.45) is 0 Å². The number of nitrogens with one attached hydrogen (secondary N) is 1. The maximum atomic E-state index is 5.50. The molecule has 0 radical (unpaired) electrons. The van der Waals surface area contributed by atoms with Gasteiger partial charge in [-0.3, -0.25) is 9.88 Å². The van der Waals surface area contributed by atoms with Crippen molar-refractivity contribution in [2.45, 2.75) is 25.9 Å². The third-order valence-electron chi connectivity index (χ3n) is 5.96. The predicted molar refractivity (Wildman–Crippen MR) is 116 cm³/mol. The van der Waals surface area contributed by atoms with E-state index in [1.807, 2.05) is 12.3 Å². The first-order chi connectivity index (χ1) is 14.2. The molecule has 0 amide bonds. The molecule has 146 valence electrons. The summed E-state index contributed by atoms with van der Waals surface area (Å²) in [6.45, 7) is 3.94. The zero-order valence-corrected chi connectivity index (χ0v) is 16.9. The van der Waals surface area contributed by atoms with E-state index < -0.39 is 0 Å². The van der Waals surface area contributed by atoms with Gasteiger partial charge < -0.3 is 9.72 Å². The number of hydrogen-bond acceptors (Lipinski definition) is 3. The highest BCUT2D eigenvalue weighted by atomic mass is 16.5. The summed E-state index contributed by atoms with van der Waals surface area (Å²) in [7, 11) is 1.73. The third kappa shape index (κ3) is 3.19. The van der Waals surface area contributed by atoms with Crippen molar-refractivity contribution in [3.63, 3.8) is 0 Å². The standard InChI is InChI=1S/C25H25N3O/c1-17-15-18(10-11-23(17)29-2)25-24-21(20-8-3-4-9-22(20)27-24)12-14-28(25)16-19-7-5-6-13-26-19/h3-11,13,15,25,27H,12,14,16H2,1-2H3. The molecule has 0 spiro atoms. The van der Waals surface area contributed by atoms with Crippen LogP contribution in [-0.2, 0) is 13.0 Å². The Labute approximate surface area is 171 Å². The molecule has 1 atom stereocenters. The van der Waals surface area contributed by atoms with E-state index in [9.17, 15) is 0 Å². The quantitative estimate of drug-likeness (QED) is 0.537. The summed E-state index contributed by atoms with van der Waals surface area (Å²) >= 11 is 0. The summed E-state index contributed by atoms with van der Waals surface area (Å²) in [5, 5.41) is 1.34. The second-order valence-electron chi connectivity index (χ2n) is 7.74. The van der Waals surface area contributed by atoms with Gasteiger partial charge in [0.25, 0.3) is 0 Å². The number of hydrogen-bond donors (Lipinski definition) is 1. The molecule has 0 fully saturated rings. The predicted octanol–water partition coefficient (Wildman–Crippen LogP) is 5.03. The van der Waals surface area contributed by atoms with E-state index in [0.717, 1.165) is 36.5 Å². The van der Waals surface area contributed by atoms with Gasteiger partial charge in [-0.2, -0.15) is 0 Å². The molecule has 2 aromatic carbocycles. The summed E-state index contributed by atoms with van der Waals surface area (Å²) in [6.07, 6.45) is 2.91. The molecule has 4 nitrogen and oxygen atoms in total. The minimum Gasteiger partial charge on any atom is -0.496 e. The van der Waals surface area contributed by atoms with Crippen molar-refractivity contribution in [1.29, 1.82) is 0 Å². The van der Waals surface area contributed by atoms with Gasteiger partial charge in [0.2, 0.25) is 0 Å². The van der Waals surface area contributed by atoms with Crippen molar-refractivity contribution >= 4 is 10.9 Å². The second kappa shape index (κ2) is 7.37. The number of aromatic amines is 1. The number of para-hydroxylation sites is 1. The number of aromatic nitrogens is 2. The number of methoxy groups -OCH3 is 1. The van der Waals surface area contributed by atoms with Crippen molar-refractivity contribution in [3.8, 4) is 5.75 Å². The molecule has 1 aliphatic heterocycles. The molecule has 5 rings (SSSR count). The SMILES string of the molecule is COc1ccc(C2c3[nH]c4ccccc4c3CCN2Cc2ccccn2)cc1C. The van der Waals surface area contributed by atoms with Gasteiger partial charge in [-0.15, -0.1) is 0 Å². The average Bonchev–Trinajstić information content (AvgIpc) is 3.13. The number of ether oxygens (including phenoxy) is 1. The average molecular weight is 383 g/mol. The fourth-order valence-electron chi connectivity index (χ4n) is 4.61. The topological polar surface area (TPSA) is 41.1 Å². The minimum atomic E-state index is 0.165. The Bertz CT molecular complexity index is 1150. The van der Waals surface area contributed by atoms with Crippen LogP contribution in [0.1, 0.15) is 34.1 Å². The molecule has 3 heterocycles.